The molecule has 7 nitrogen and oxygen atoms in total. The van der Waals surface area contributed by atoms with Gasteiger partial charge in [0, 0.05) is 11.1 Å². The van der Waals surface area contributed by atoms with Crippen molar-refractivity contribution in [3.05, 3.63) is 59.1 Å². The van der Waals surface area contributed by atoms with Gasteiger partial charge < -0.3 is 20.5 Å². The van der Waals surface area contributed by atoms with Crippen LogP contribution in [0.15, 0.2) is 48.5 Å². The summed E-state index contributed by atoms with van der Waals surface area (Å²) in [6, 6.07) is 13.8. The largest absolute Gasteiger partial charge is 0.481 e. The first-order valence-electron chi connectivity index (χ1n) is 9.85. The number of amides is 2. The number of aliphatic carboxylic acids is 1. The van der Waals surface area contributed by atoms with E-state index in [1.807, 2.05) is 42.5 Å². The number of hydrogen-bond acceptors (Lipinski definition) is 4. The molecule has 1 atom stereocenters. The van der Waals surface area contributed by atoms with Crippen LogP contribution in [0.5, 0.6) is 0 Å². The van der Waals surface area contributed by atoms with Crippen LogP contribution in [0, 0.1) is 0 Å². The summed E-state index contributed by atoms with van der Waals surface area (Å²) in [4.78, 5) is 35.1. The molecule has 2 amide bonds. The second-order valence-electron chi connectivity index (χ2n) is 8.12. The van der Waals surface area contributed by atoms with E-state index in [1.54, 1.807) is 26.8 Å². The Morgan fingerprint density at radius 2 is 1.74 bits per heavy atom. The van der Waals surface area contributed by atoms with Gasteiger partial charge in [0.2, 0.25) is 0 Å². The quantitative estimate of drug-likeness (QED) is 0.531. The van der Waals surface area contributed by atoms with Crippen molar-refractivity contribution in [2.24, 2.45) is 0 Å². The van der Waals surface area contributed by atoms with Gasteiger partial charge in [-0.25, -0.2) is 4.79 Å². The summed E-state index contributed by atoms with van der Waals surface area (Å²) in [5, 5.41) is 14.8. The molecule has 0 saturated heterocycles. The maximum Gasteiger partial charge on any atom is 0.325 e. The van der Waals surface area contributed by atoms with E-state index in [2.05, 4.69) is 10.6 Å². The summed E-state index contributed by atoms with van der Waals surface area (Å²) in [7, 11) is 0. The molecule has 31 heavy (non-hydrogen) atoms. The second kappa shape index (κ2) is 10.8. The number of esters is 1. The van der Waals surface area contributed by atoms with E-state index in [4.69, 9.17) is 16.3 Å². The van der Waals surface area contributed by atoms with Crippen LogP contribution >= 0.6 is 11.6 Å². The van der Waals surface area contributed by atoms with Gasteiger partial charge in [-0.15, -0.1) is 0 Å². The molecular formula is C23H27ClN2O5. The molecule has 166 valence electrons. The molecular weight excluding hydrogens is 420 g/mol. The molecule has 0 fully saturated rings. The summed E-state index contributed by atoms with van der Waals surface area (Å²) in [6.07, 6.45) is 0.0673. The summed E-state index contributed by atoms with van der Waals surface area (Å²) < 4.78 is 5.12. The van der Waals surface area contributed by atoms with Crippen LogP contribution in [0.1, 0.15) is 32.8 Å². The van der Waals surface area contributed by atoms with Crippen molar-refractivity contribution in [2.75, 3.05) is 6.54 Å². The van der Waals surface area contributed by atoms with E-state index in [0.29, 0.717) is 11.4 Å². The van der Waals surface area contributed by atoms with E-state index < -0.39 is 29.6 Å². The predicted molar refractivity (Wildman–Crippen MR) is 119 cm³/mol. The van der Waals surface area contributed by atoms with Gasteiger partial charge in [-0.3, -0.25) is 9.59 Å². The molecule has 0 bridgehead atoms. The van der Waals surface area contributed by atoms with Crippen molar-refractivity contribution in [1.29, 1.82) is 0 Å². The number of ether oxygens (including phenoxy) is 1. The Hall–Kier alpha value is -3.06. The number of carboxylic acid groups (broad SMARTS) is 1. The van der Waals surface area contributed by atoms with Crippen LogP contribution in [0.2, 0.25) is 5.02 Å². The van der Waals surface area contributed by atoms with Crippen LogP contribution in [-0.4, -0.2) is 41.3 Å². The molecule has 0 radical (unpaired) electrons. The molecule has 2 aromatic carbocycles. The first-order chi connectivity index (χ1) is 14.5. The maximum absolute atomic E-state index is 12.1. The number of hydrogen-bond donors (Lipinski definition) is 3. The van der Waals surface area contributed by atoms with Crippen molar-refractivity contribution in [3.63, 3.8) is 0 Å². The SMILES string of the molecule is CC(C)(C)OC(=O)CNC(=O)N[C@@H](CC(=O)O)Cc1ccc(-c2cccc(Cl)c2)cc1. The lowest BCUT2D eigenvalue weighted by molar-refractivity contribution is -0.153. The number of rotatable bonds is 8. The van der Waals surface area contributed by atoms with Gasteiger partial charge >= 0.3 is 18.0 Å². The topological polar surface area (TPSA) is 105 Å². The number of halogens is 1. The summed E-state index contributed by atoms with van der Waals surface area (Å²) in [6.45, 7) is 4.87. The van der Waals surface area contributed by atoms with Gasteiger partial charge in [0.05, 0.1) is 6.42 Å². The van der Waals surface area contributed by atoms with E-state index in [1.165, 1.54) is 0 Å². The molecule has 0 heterocycles. The van der Waals surface area contributed by atoms with E-state index in [-0.39, 0.29) is 13.0 Å². The Bertz CT molecular complexity index is 922. The fourth-order valence-electron chi connectivity index (χ4n) is 2.94. The van der Waals surface area contributed by atoms with E-state index in [0.717, 1.165) is 16.7 Å². The van der Waals surface area contributed by atoms with E-state index in [9.17, 15) is 19.5 Å². The first-order valence-corrected chi connectivity index (χ1v) is 10.2. The zero-order valence-corrected chi connectivity index (χ0v) is 18.5. The molecule has 0 aromatic heterocycles. The van der Waals surface area contributed by atoms with Crippen molar-refractivity contribution in [2.45, 2.75) is 45.3 Å². The molecule has 0 aliphatic carbocycles. The predicted octanol–water partition coefficient (Wildman–Crippen LogP) is 4.03. The van der Waals surface area contributed by atoms with Crippen molar-refractivity contribution >= 4 is 29.6 Å². The smallest absolute Gasteiger partial charge is 0.325 e. The third kappa shape index (κ3) is 9.09. The Morgan fingerprint density at radius 1 is 1.06 bits per heavy atom. The molecule has 8 heteroatoms. The minimum Gasteiger partial charge on any atom is -0.481 e. The third-order valence-electron chi connectivity index (χ3n) is 4.16. The Morgan fingerprint density at radius 3 is 2.32 bits per heavy atom. The number of benzene rings is 2. The fourth-order valence-corrected chi connectivity index (χ4v) is 3.13. The lowest BCUT2D eigenvalue weighted by atomic mass is 9.99. The van der Waals surface area contributed by atoms with Crippen molar-refractivity contribution < 1.29 is 24.2 Å². The molecule has 0 aliphatic rings. The average molecular weight is 447 g/mol. The van der Waals surface area contributed by atoms with Gasteiger partial charge in [-0.2, -0.15) is 0 Å². The zero-order valence-electron chi connectivity index (χ0n) is 17.8. The van der Waals surface area contributed by atoms with Crippen molar-refractivity contribution in [3.8, 4) is 11.1 Å². The Kier molecular flexibility index (Phi) is 8.45. The van der Waals surface area contributed by atoms with Gasteiger partial charge in [-0.1, -0.05) is 48.0 Å². The maximum atomic E-state index is 12.1. The third-order valence-corrected chi connectivity index (χ3v) is 4.40. The molecule has 0 aliphatic heterocycles. The highest BCUT2D eigenvalue weighted by molar-refractivity contribution is 6.30. The minimum absolute atomic E-state index is 0.254. The average Bonchev–Trinajstić information content (AvgIpc) is 2.65. The van der Waals surface area contributed by atoms with Crippen LogP contribution in [0.4, 0.5) is 4.79 Å². The highest BCUT2D eigenvalue weighted by Crippen LogP contribution is 2.23. The number of carboxylic acids is 1. The number of nitrogens with one attached hydrogen (secondary N) is 2. The normalized spacial score (nSPS) is 12.0. The zero-order chi connectivity index (χ0) is 23.0. The number of urea groups is 1. The standard InChI is InChI=1S/C23H27ClN2O5/c1-23(2,3)31-21(29)14-25-22(30)26-19(13-20(27)28)11-15-7-9-16(10-8-15)17-5-4-6-18(24)12-17/h4-10,12,19H,11,13-14H2,1-3H3,(H,27,28)(H2,25,26,30)/t19-/m1/s1. The minimum atomic E-state index is -1.03. The van der Waals surface area contributed by atoms with Gasteiger partial charge in [0.1, 0.15) is 12.1 Å². The summed E-state index contributed by atoms with van der Waals surface area (Å²) >= 11 is 6.04. The number of carbonyl (C=O) groups excluding carboxylic acids is 2. The lowest BCUT2D eigenvalue weighted by Gasteiger charge is -2.20. The molecule has 2 aromatic rings. The van der Waals surface area contributed by atoms with E-state index >= 15 is 0 Å². The Balaban J connectivity index is 1.97. The summed E-state index contributed by atoms with van der Waals surface area (Å²) in [5.41, 5.74) is 2.16. The molecule has 3 N–H and O–H groups in total. The van der Waals surface area contributed by atoms with Crippen LogP contribution in [0.3, 0.4) is 0 Å². The molecule has 2 rings (SSSR count). The highest BCUT2D eigenvalue weighted by atomic mass is 35.5. The second-order valence-corrected chi connectivity index (χ2v) is 8.56. The Labute approximate surface area is 186 Å². The number of carbonyl (C=O) groups is 3. The van der Waals surface area contributed by atoms with Gasteiger partial charge in [0.25, 0.3) is 0 Å². The fraction of sp³-hybridized carbons (Fsp3) is 0.348. The van der Waals surface area contributed by atoms with Crippen LogP contribution in [-0.2, 0) is 20.7 Å². The summed E-state index contributed by atoms with van der Waals surface area (Å²) in [5.74, 6) is -1.61. The van der Waals surface area contributed by atoms with Gasteiger partial charge in [-0.05, 0) is 56.0 Å². The van der Waals surface area contributed by atoms with Crippen LogP contribution in [0.25, 0.3) is 11.1 Å². The highest BCUT2D eigenvalue weighted by Gasteiger charge is 2.19. The van der Waals surface area contributed by atoms with Crippen molar-refractivity contribution in [1.82, 2.24) is 10.6 Å². The lowest BCUT2D eigenvalue weighted by Crippen LogP contribution is -2.46. The molecule has 0 saturated carbocycles. The molecule has 0 unspecified atom stereocenters. The van der Waals surface area contributed by atoms with Gasteiger partial charge in [0.15, 0.2) is 0 Å². The molecule has 0 spiro atoms. The van der Waals surface area contributed by atoms with Crippen LogP contribution < -0.4 is 10.6 Å². The monoisotopic (exact) mass is 446 g/mol. The first kappa shape index (κ1) is 24.2.